The maximum Gasteiger partial charge on any atom is 0.322 e. The van der Waals surface area contributed by atoms with Crippen LogP contribution in [-0.4, -0.2) is 82.2 Å². The van der Waals surface area contributed by atoms with Crippen molar-refractivity contribution in [1.82, 2.24) is 24.9 Å². The van der Waals surface area contributed by atoms with Gasteiger partial charge in [-0.2, -0.15) is 4.98 Å². The maximum absolute atomic E-state index is 13.1. The quantitative estimate of drug-likeness (QED) is 0.693. The second-order valence-electron chi connectivity index (χ2n) is 6.70. The molecule has 29 heavy (non-hydrogen) atoms. The molecular formula is C20H21N5O4. The number of hydrogen-bond donors (Lipinski definition) is 0. The van der Waals surface area contributed by atoms with Crippen molar-refractivity contribution in [3.63, 3.8) is 0 Å². The van der Waals surface area contributed by atoms with E-state index in [0.29, 0.717) is 32.1 Å². The van der Waals surface area contributed by atoms with Gasteiger partial charge in [-0.25, -0.2) is 14.8 Å². The topological polar surface area (TPSA) is 88.1 Å². The van der Waals surface area contributed by atoms with Crippen LogP contribution in [0.15, 0.2) is 48.8 Å². The first kappa shape index (κ1) is 19.1. The fourth-order valence-corrected chi connectivity index (χ4v) is 3.47. The van der Waals surface area contributed by atoms with E-state index in [0.717, 1.165) is 13.1 Å². The number of carbonyl (C=O) groups is 1. The van der Waals surface area contributed by atoms with Gasteiger partial charge in [0.05, 0.1) is 26.3 Å². The average molecular weight is 395 g/mol. The number of aromatic nitrogens is 2. The van der Waals surface area contributed by atoms with E-state index in [4.69, 9.17) is 9.47 Å². The lowest BCUT2D eigenvalue weighted by Crippen LogP contribution is -2.46. The standard InChI is InChI=1S/C20H21N5O4/c26-11-8-24-14-16(23-9-12-28-13-10-23)15-25(24)19(27)18-6-7-21-20(22-18)29-17-4-2-1-3-5-17/h1-8,16H,9-10,12-15H2. The minimum absolute atomic E-state index is 0.0865. The van der Waals surface area contributed by atoms with Crippen LogP contribution in [-0.2, 0) is 9.53 Å². The van der Waals surface area contributed by atoms with E-state index in [9.17, 15) is 9.59 Å². The Morgan fingerprint density at radius 1 is 1.17 bits per heavy atom. The summed E-state index contributed by atoms with van der Waals surface area (Å²) >= 11 is 0. The fourth-order valence-electron chi connectivity index (χ4n) is 3.47. The first-order valence-electron chi connectivity index (χ1n) is 9.42. The van der Waals surface area contributed by atoms with Crippen LogP contribution in [0.5, 0.6) is 11.8 Å². The number of benzene rings is 1. The zero-order chi connectivity index (χ0) is 20.1. The van der Waals surface area contributed by atoms with E-state index in [2.05, 4.69) is 14.9 Å². The average Bonchev–Trinajstić information content (AvgIpc) is 3.19. The molecule has 9 nitrogen and oxygen atoms in total. The first-order valence-corrected chi connectivity index (χ1v) is 9.42. The third-order valence-corrected chi connectivity index (χ3v) is 4.89. The van der Waals surface area contributed by atoms with Crippen molar-refractivity contribution in [3.8, 4) is 11.8 Å². The molecule has 0 saturated carbocycles. The van der Waals surface area contributed by atoms with Gasteiger partial charge in [0.2, 0.25) is 0 Å². The van der Waals surface area contributed by atoms with Crippen LogP contribution in [0.25, 0.3) is 0 Å². The van der Waals surface area contributed by atoms with E-state index in [1.165, 1.54) is 23.5 Å². The van der Waals surface area contributed by atoms with Crippen molar-refractivity contribution in [2.45, 2.75) is 6.04 Å². The van der Waals surface area contributed by atoms with Crippen molar-refractivity contribution >= 4 is 11.8 Å². The molecule has 1 aromatic heterocycles. The van der Waals surface area contributed by atoms with Gasteiger partial charge in [0.15, 0.2) is 0 Å². The maximum atomic E-state index is 13.1. The molecule has 0 radical (unpaired) electrons. The predicted molar refractivity (Wildman–Crippen MR) is 103 cm³/mol. The summed E-state index contributed by atoms with van der Waals surface area (Å²) < 4.78 is 11.0. The van der Waals surface area contributed by atoms with Crippen LogP contribution in [0.4, 0.5) is 0 Å². The number of carbonyl (C=O) groups excluding carboxylic acids is 2. The lowest BCUT2D eigenvalue weighted by molar-refractivity contribution is 0.0206. The van der Waals surface area contributed by atoms with Crippen molar-refractivity contribution in [2.75, 3.05) is 39.4 Å². The van der Waals surface area contributed by atoms with Crippen molar-refractivity contribution in [2.24, 2.45) is 0 Å². The van der Waals surface area contributed by atoms with Gasteiger partial charge in [0, 0.05) is 25.3 Å². The normalized spacial score (nSPS) is 19.7. The second kappa shape index (κ2) is 8.83. The molecule has 2 aliphatic rings. The SMILES string of the molecule is O=C=CN1CC(N2CCOCC2)CN1C(=O)c1ccnc(Oc2ccccc2)n1. The van der Waals surface area contributed by atoms with Gasteiger partial charge in [-0.1, -0.05) is 18.2 Å². The Balaban J connectivity index is 1.51. The third kappa shape index (κ3) is 4.43. The third-order valence-electron chi connectivity index (χ3n) is 4.89. The van der Waals surface area contributed by atoms with Gasteiger partial charge < -0.3 is 9.47 Å². The smallest absolute Gasteiger partial charge is 0.322 e. The molecule has 150 valence electrons. The van der Waals surface area contributed by atoms with E-state index in [1.54, 1.807) is 23.1 Å². The Bertz CT molecular complexity index is 897. The minimum Gasteiger partial charge on any atom is -0.424 e. The fraction of sp³-hybridized carbons (Fsp3) is 0.350. The molecule has 0 N–H and O–H groups in total. The largest absolute Gasteiger partial charge is 0.424 e. The Labute approximate surface area is 168 Å². The molecule has 0 bridgehead atoms. The molecule has 1 aromatic carbocycles. The highest BCUT2D eigenvalue weighted by Gasteiger charge is 2.37. The Morgan fingerprint density at radius 3 is 2.72 bits per heavy atom. The highest BCUT2D eigenvalue weighted by atomic mass is 16.5. The summed E-state index contributed by atoms with van der Waals surface area (Å²) in [5.41, 5.74) is 0.192. The Kier molecular flexibility index (Phi) is 5.81. The van der Waals surface area contributed by atoms with Gasteiger partial charge >= 0.3 is 6.01 Å². The van der Waals surface area contributed by atoms with Crippen LogP contribution in [0.2, 0.25) is 0 Å². The highest BCUT2D eigenvalue weighted by Crippen LogP contribution is 2.21. The number of hydrazine groups is 1. The zero-order valence-corrected chi connectivity index (χ0v) is 15.8. The number of rotatable bonds is 5. The first-order chi connectivity index (χ1) is 14.2. The van der Waals surface area contributed by atoms with Crippen LogP contribution in [0.3, 0.4) is 0 Å². The van der Waals surface area contributed by atoms with E-state index in [-0.39, 0.29) is 23.7 Å². The number of ether oxygens (including phenoxy) is 2. The summed E-state index contributed by atoms with van der Waals surface area (Å²) in [4.78, 5) is 34.7. The molecule has 1 amide bonds. The summed E-state index contributed by atoms with van der Waals surface area (Å²) in [6, 6.07) is 10.8. The van der Waals surface area contributed by atoms with Crippen molar-refractivity contribution in [1.29, 1.82) is 0 Å². The van der Waals surface area contributed by atoms with E-state index < -0.39 is 0 Å². The molecule has 1 atom stereocenters. The Hall–Kier alpha value is -3.26. The van der Waals surface area contributed by atoms with Gasteiger partial charge in [-0.3, -0.25) is 14.7 Å². The Morgan fingerprint density at radius 2 is 1.97 bits per heavy atom. The summed E-state index contributed by atoms with van der Waals surface area (Å²) in [6.45, 7) is 3.91. The molecule has 2 saturated heterocycles. The van der Waals surface area contributed by atoms with Crippen LogP contribution in [0, 0.1) is 0 Å². The molecule has 3 heterocycles. The molecule has 2 fully saturated rings. The summed E-state index contributed by atoms with van der Waals surface area (Å²) in [5, 5.41) is 3.11. The van der Waals surface area contributed by atoms with Gasteiger partial charge in [0.1, 0.15) is 23.6 Å². The minimum atomic E-state index is -0.326. The number of morpholine rings is 1. The molecule has 9 heteroatoms. The van der Waals surface area contributed by atoms with Gasteiger partial charge in [-0.05, 0) is 18.2 Å². The van der Waals surface area contributed by atoms with Crippen LogP contribution in [0.1, 0.15) is 10.5 Å². The predicted octanol–water partition coefficient (Wildman–Crippen LogP) is 0.988. The lowest BCUT2D eigenvalue weighted by Gasteiger charge is -2.31. The van der Waals surface area contributed by atoms with Crippen LogP contribution >= 0.6 is 0 Å². The molecular weight excluding hydrogens is 374 g/mol. The zero-order valence-electron chi connectivity index (χ0n) is 15.8. The molecule has 0 spiro atoms. The van der Waals surface area contributed by atoms with E-state index >= 15 is 0 Å². The molecule has 2 aromatic rings. The van der Waals surface area contributed by atoms with Crippen molar-refractivity contribution < 1.29 is 19.1 Å². The second-order valence-corrected chi connectivity index (χ2v) is 6.70. The van der Waals surface area contributed by atoms with Gasteiger partial charge in [-0.15, -0.1) is 0 Å². The monoisotopic (exact) mass is 395 g/mol. The van der Waals surface area contributed by atoms with Gasteiger partial charge in [0.25, 0.3) is 5.91 Å². The molecule has 4 rings (SSSR count). The number of nitrogens with zero attached hydrogens (tertiary/aromatic N) is 5. The summed E-state index contributed by atoms with van der Waals surface area (Å²) in [6.07, 6.45) is 2.73. The van der Waals surface area contributed by atoms with Crippen LogP contribution < -0.4 is 4.74 Å². The summed E-state index contributed by atoms with van der Waals surface area (Å²) in [7, 11) is 0. The number of amides is 1. The number of para-hydroxylation sites is 1. The lowest BCUT2D eigenvalue weighted by atomic mass is 10.2. The van der Waals surface area contributed by atoms with Crippen molar-refractivity contribution in [3.05, 3.63) is 54.5 Å². The molecule has 2 aliphatic heterocycles. The number of hydrogen-bond acceptors (Lipinski definition) is 8. The molecule has 0 aliphatic carbocycles. The summed E-state index contributed by atoms with van der Waals surface area (Å²) in [5.74, 6) is 2.02. The van der Waals surface area contributed by atoms with E-state index in [1.807, 2.05) is 18.2 Å². The highest BCUT2D eigenvalue weighted by molar-refractivity contribution is 5.92. The molecule has 1 unspecified atom stereocenters.